The Morgan fingerprint density at radius 3 is 2.42 bits per heavy atom. The van der Waals surface area contributed by atoms with Crippen molar-refractivity contribution in [1.29, 1.82) is 0 Å². The molecule has 1 fully saturated rings. The molecule has 8 nitrogen and oxygen atoms in total. The van der Waals surface area contributed by atoms with E-state index in [0.717, 1.165) is 17.7 Å². The van der Waals surface area contributed by atoms with Gasteiger partial charge in [-0.05, 0) is 43.0 Å². The van der Waals surface area contributed by atoms with E-state index in [2.05, 4.69) is 4.90 Å². The van der Waals surface area contributed by atoms with Crippen molar-refractivity contribution in [3.05, 3.63) is 54.1 Å². The first-order chi connectivity index (χ1) is 15.8. The first-order valence-electron chi connectivity index (χ1n) is 11.4. The molecule has 182 valence electrons. The average molecular weight is 479 g/mol. The number of ether oxygens (including phenoxy) is 2. The number of methoxy groups -OCH3 is 1. The van der Waals surface area contributed by atoms with Crippen LogP contribution >= 0.6 is 0 Å². The number of carbonyl (C=O) groups excluding carboxylic acids is 1. The van der Waals surface area contributed by atoms with Gasteiger partial charge in [0.2, 0.25) is 0 Å². The van der Waals surface area contributed by atoms with Crippen molar-refractivity contribution in [2.45, 2.75) is 55.3 Å². The summed E-state index contributed by atoms with van der Waals surface area (Å²) in [4.78, 5) is 13.4. The number of hydrogen-bond acceptors (Lipinski definition) is 7. The van der Waals surface area contributed by atoms with Crippen LogP contribution in [0.4, 0.5) is 0 Å². The Morgan fingerprint density at radius 2 is 1.88 bits per heavy atom. The summed E-state index contributed by atoms with van der Waals surface area (Å²) in [7, 11) is -2.57. The highest BCUT2D eigenvalue weighted by atomic mass is 32.2. The highest BCUT2D eigenvalue weighted by Crippen LogP contribution is 2.43. The van der Waals surface area contributed by atoms with E-state index in [-0.39, 0.29) is 25.9 Å². The smallest absolute Gasteiger partial charge is 0.265 e. The normalized spacial score (nSPS) is 22.8. The molecular weight excluding hydrogens is 444 g/mol. The molecule has 1 saturated heterocycles. The van der Waals surface area contributed by atoms with Crippen molar-refractivity contribution in [2.75, 3.05) is 26.8 Å². The van der Waals surface area contributed by atoms with Crippen LogP contribution in [0.2, 0.25) is 0 Å². The molecule has 3 rings (SSSR count). The fourth-order valence-electron chi connectivity index (χ4n) is 4.47. The molecule has 0 radical (unpaired) electrons. The third kappa shape index (κ3) is 5.01. The second kappa shape index (κ2) is 10.8. The third-order valence-corrected chi connectivity index (χ3v) is 9.51. The molecule has 2 N–H and O–H groups in total. The first-order valence-corrected chi connectivity index (χ1v) is 12.8. The van der Waals surface area contributed by atoms with Crippen LogP contribution in [0.5, 0.6) is 5.75 Å². The Hall–Kier alpha value is -2.20. The molecule has 1 heterocycles. The van der Waals surface area contributed by atoms with Gasteiger partial charge in [0, 0.05) is 32.7 Å². The number of sulfone groups is 1. The van der Waals surface area contributed by atoms with Gasteiger partial charge in [-0.25, -0.2) is 13.9 Å². The number of benzene rings is 1. The minimum Gasteiger partial charge on any atom is -0.497 e. The fraction of sp³-hybridized carbons (Fsp3) is 0.542. The van der Waals surface area contributed by atoms with Crippen molar-refractivity contribution >= 4 is 15.7 Å². The Balaban J connectivity index is 1.84. The lowest BCUT2D eigenvalue weighted by Crippen LogP contribution is -2.63. The number of nitrogens with one attached hydrogen (secondary N) is 1. The molecule has 1 aromatic carbocycles. The number of hydrogen-bond donors (Lipinski definition) is 2. The molecule has 1 unspecified atom stereocenters. The Kier molecular flexibility index (Phi) is 8.33. The molecule has 1 atom stereocenters. The Bertz CT molecular complexity index is 965. The number of unbranched alkanes of at least 4 members (excludes halogenated alkanes) is 1. The number of carbonyl (C=O) groups is 1. The number of hydroxylamine groups is 1. The molecule has 0 spiro atoms. The van der Waals surface area contributed by atoms with E-state index in [9.17, 15) is 18.4 Å². The molecule has 0 aromatic heterocycles. The molecule has 1 aromatic rings. The van der Waals surface area contributed by atoms with Gasteiger partial charge in [0.05, 0.1) is 7.11 Å². The highest BCUT2D eigenvalue weighted by Gasteiger charge is 2.60. The van der Waals surface area contributed by atoms with Gasteiger partial charge >= 0.3 is 0 Å². The summed E-state index contributed by atoms with van der Waals surface area (Å²) in [6, 6.07) is 7.70. The van der Waals surface area contributed by atoms with Gasteiger partial charge in [0.25, 0.3) is 5.91 Å². The lowest BCUT2D eigenvalue weighted by atomic mass is 9.94. The molecule has 0 bridgehead atoms. The van der Waals surface area contributed by atoms with Crippen LogP contribution in [0.15, 0.2) is 48.6 Å². The standard InChI is InChI=1S/C24H34N2O6S/c1-3-4-18-32-24(12-6-5-7-13-24)33(29,30)23(22(27)25-28)14-16-26(17-15-23)19-20-8-10-21(31-2)11-9-20/h5-12,28H,3-4,13-19H2,1-2H3,(H,25,27). The summed E-state index contributed by atoms with van der Waals surface area (Å²) >= 11 is 0. The van der Waals surface area contributed by atoms with Gasteiger partial charge in [-0.3, -0.25) is 14.9 Å². The molecule has 0 saturated carbocycles. The van der Waals surface area contributed by atoms with Gasteiger partial charge in [0.15, 0.2) is 19.5 Å². The number of piperidine rings is 1. The monoisotopic (exact) mass is 478 g/mol. The highest BCUT2D eigenvalue weighted by molar-refractivity contribution is 7.95. The van der Waals surface area contributed by atoms with Gasteiger partial charge in [-0.2, -0.15) is 0 Å². The number of likely N-dealkylation sites (tertiary alicyclic amines) is 1. The average Bonchev–Trinajstić information content (AvgIpc) is 2.85. The van der Waals surface area contributed by atoms with Gasteiger partial charge in [-0.15, -0.1) is 0 Å². The molecular formula is C24H34N2O6S. The van der Waals surface area contributed by atoms with E-state index >= 15 is 0 Å². The van der Waals surface area contributed by atoms with Crippen LogP contribution < -0.4 is 10.2 Å². The Morgan fingerprint density at radius 1 is 1.18 bits per heavy atom. The van der Waals surface area contributed by atoms with Crippen LogP contribution in [0, 0.1) is 0 Å². The maximum Gasteiger partial charge on any atom is 0.265 e. The van der Waals surface area contributed by atoms with Crippen LogP contribution in [0.25, 0.3) is 0 Å². The maximum atomic E-state index is 14.1. The van der Waals surface area contributed by atoms with Gasteiger partial charge < -0.3 is 9.47 Å². The van der Waals surface area contributed by atoms with E-state index in [1.165, 1.54) is 6.08 Å². The SMILES string of the molecule is CCCCOC1(S(=O)(=O)C2(C(=O)NO)CCN(Cc3ccc(OC)cc3)CC2)C=CC=CC1. The molecule has 1 aliphatic heterocycles. The summed E-state index contributed by atoms with van der Waals surface area (Å²) in [5, 5.41) is 9.50. The minimum absolute atomic E-state index is 0.0638. The minimum atomic E-state index is -4.18. The van der Waals surface area contributed by atoms with E-state index in [1.807, 2.05) is 31.2 Å². The topological polar surface area (TPSA) is 105 Å². The summed E-state index contributed by atoms with van der Waals surface area (Å²) in [6.07, 6.45) is 8.53. The van der Waals surface area contributed by atoms with Crippen LogP contribution in [-0.2, 0) is 25.9 Å². The molecule has 2 aliphatic rings. The zero-order chi connectivity index (χ0) is 24.0. The zero-order valence-corrected chi connectivity index (χ0v) is 20.1. The summed E-state index contributed by atoms with van der Waals surface area (Å²) in [5.74, 6) is -0.127. The van der Waals surface area contributed by atoms with Crippen LogP contribution in [-0.4, -0.2) is 60.9 Å². The second-order valence-corrected chi connectivity index (χ2v) is 11.0. The van der Waals surface area contributed by atoms with Crippen molar-refractivity contribution in [3.8, 4) is 5.75 Å². The van der Waals surface area contributed by atoms with E-state index in [1.54, 1.807) is 30.8 Å². The van der Waals surface area contributed by atoms with E-state index in [0.29, 0.717) is 26.1 Å². The number of allylic oxidation sites excluding steroid dienone is 2. The lowest BCUT2D eigenvalue weighted by Gasteiger charge is -2.44. The van der Waals surface area contributed by atoms with Gasteiger partial charge in [0.1, 0.15) is 5.75 Å². The van der Waals surface area contributed by atoms with Crippen molar-refractivity contribution in [1.82, 2.24) is 10.4 Å². The summed E-state index contributed by atoms with van der Waals surface area (Å²) in [6.45, 7) is 3.68. The Labute approximate surface area is 196 Å². The van der Waals surface area contributed by atoms with Crippen LogP contribution in [0.1, 0.15) is 44.6 Å². The lowest BCUT2D eigenvalue weighted by molar-refractivity contribution is -0.133. The molecule has 33 heavy (non-hydrogen) atoms. The van der Waals surface area contributed by atoms with Gasteiger partial charge in [-0.1, -0.05) is 43.7 Å². The zero-order valence-electron chi connectivity index (χ0n) is 19.3. The van der Waals surface area contributed by atoms with Crippen LogP contribution in [0.3, 0.4) is 0 Å². The predicted octanol–water partition coefficient (Wildman–Crippen LogP) is 2.98. The number of amides is 1. The summed E-state index contributed by atoms with van der Waals surface area (Å²) < 4.78 is 37.6. The first kappa shape index (κ1) is 25.4. The molecule has 9 heteroatoms. The maximum absolute atomic E-state index is 14.1. The largest absolute Gasteiger partial charge is 0.497 e. The predicted molar refractivity (Wildman–Crippen MR) is 126 cm³/mol. The molecule has 1 amide bonds. The third-order valence-electron chi connectivity index (χ3n) is 6.56. The second-order valence-electron chi connectivity index (χ2n) is 8.57. The quantitative estimate of drug-likeness (QED) is 0.303. The van der Waals surface area contributed by atoms with Crippen molar-refractivity contribution in [3.63, 3.8) is 0 Å². The fourth-order valence-corrected chi connectivity index (χ4v) is 6.95. The van der Waals surface area contributed by atoms with Crippen molar-refractivity contribution in [2.24, 2.45) is 0 Å². The number of rotatable bonds is 10. The summed E-state index contributed by atoms with van der Waals surface area (Å²) in [5.41, 5.74) is 2.70. The molecule has 1 aliphatic carbocycles. The van der Waals surface area contributed by atoms with Crippen molar-refractivity contribution < 1.29 is 27.9 Å². The van der Waals surface area contributed by atoms with E-state index < -0.39 is 25.4 Å². The van der Waals surface area contributed by atoms with E-state index in [4.69, 9.17) is 9.47 Å². The number of nitrogens with zero attached hydrogens (tertiary/aromatic N) is 1.